The molecule has 0 atom stereocenters. The number of anilines is 3. The van der Waals surface area contributed by atoms with E-state index >= 15 is 0 Å². The van der Waals surface area contributed by atoms with Crippen molar-refractivity contribution in [2.45, 2.75) is 38.0 Å². The molecule has 2 N–H and O–H groups in total. The maximum atomic E-state index is 13.9. The Balaban J connectivity index is 1.20. The van der Waals surface area contributed by atoms with E-state index in [9.17, 15) is 27.9 Å². The van der Waals surface area contributed by atoms with Gasteiger partial charge in [0.2, 0.25) is 0 Å². The molecule has 4 aromatic rings. The Morgan fingerprint density at radius 1 is 0.857 bits per heavy atom. The van der Waals surface area contributed by atoms with Crippen molar-refractivity contribution in [3.8, 4) is 0 Å². The first kappa shape index (κ1) is 29.1. The second-order valence-electron chi connectivity index (χ2n) is 10.7. The molecule has 9 heteroatoms. The Hall–Kier alpha value is -4.37. The van der Waals surface area contributed by atoms with Crippen molar-refractivity contribution in [1.82, 2.24) is 4.57 Å². The number of aliphatic hydroxyl groups is 1. The van der Waals surface area contributed by atoms with E-state index in [4.69, 9.17) is 0 Å². The van der Waals surface area contributed by atoms with Crippen LogP contribution >= 0.6 is 0 Å². The van der Waals surface area contributed by atoms with Gasteiger partial charge in [0.05, 0.1) is 17.4 Å². The molecule has 1 fully saturated rings. The number of benzene rings is 3. The van der Waals surface area contributed by atoms with E-state index in [0.717, 1.165) is 23.0 Å². The third kappa shape index (κ3) is 6.91. The number of nitrogens with one attached hydrogen (secondary N) is 1. The molecule has 1 aliphatic heterocycles. The number of rotatable bonds is 9. The van der Waals surface area contributed by atoms with Crippen molar-refractivity contribution in [3.63, 3.8) is 0 Å². The number of hydrogen-bond donors (Lipinski definition) is 2. The Labute approximate surface area is 242 Å². The maximum Gasteiger partial charge on any atom is 0.418 e. The largest absolute Gasteiger partial charge is 0.418 e. The van der Waals surface area contributed by atoms with Gasteiger partial charge in [0.1, 0.15) is 0 Å². The van der Waals surface area contributed by atoms with Crippen molar-refractivity contribution < 1.29 is 27.9 Å². The van der Waals surface area contributed by atoms with Crippen LogP contribution in [0.3, 0.4) is 0 Å². The molecular weight excluding hydrogens is 543 g/mol. The van der Waals surface area contributed by atoms with Gasteiger partial charge in [-0.1, -0.05) is 24.3 Å². The smallest absolute Gasteiger partial charge is 0.393 e. The highest BCUT2D eigenvalue weighted by atomic mass is 19.4. The van der Waals surface area contributed by atoms with Crippen molar-refractivity contribution in [2.24, 2.45) is 7.05 Å². The van der Waals surface area contributed by atoms with Crippen LogP contribution in [0.25, 0.3) is 0 Å². The van der Waals surface area contributed by atoms with Crippen LogP contribution in [0.4, 0.5) is 30.2 Å². The van der Waals surface area contributed by atoms with Crippen molar-refractivity contribution >= 4 is 28.6 Å². The summed E-state index contributed by atoms with van der Waals surface area (Å²) >= 11 is 0. The summed E-state index contributed by atoms with van der Waals surface area (Å²) in [6.07, 6.45) is -2.18. The number of piperidine rings is 1. The minimum atomic E-state index is -4.61. The third-order valence-corrected chi connectivity index (χ3v) is 7.58. The molecule has 5 rings (SSSR count). The second-order valence-corrected chi connectivity index (χ2v) is 10.7. The Bertz CT molecular complexity index is 1550. The fourth-order valence-corrected chi connectivity index (χ4v) is 5.21. The highest BCUT2D eigenvalue weighted by Gasteiger charge is 2.36. The summed E-state index contributed by atoms with van der Waals surface area (Å²) in [7, 11) is 1.84. The highest BCUT2D eigenvalue weighted by molar-refractivity contribution is 5.98. The van der Waals surface area contributed by atoms with Gasteiger partial charge < -0.3 is 19.9 Å². The van der Waals surface area contributed by atoms with E-state index in [1.165, 1.54) is 12.1 Å². The molecule has 0 bridgehead atoms. The minimum absolute atomic E-state index is 0.0102. The first-order chi connectivity index (χ1) is 20.1. The molecule has 3 aromatic carbocycles. The molecule has 1 aromatic heterocycles. The molecule has 1 aliphatic rings. The van der Waals surface area contributed by atoms with Gasteiger partial charge >= 0.3 is 6.18 Å². The van der Waals surface area contributed by atoms with Crippen LogP contribution in [0.1, 0.15) is 50.4 Å². The topological polar surface area (TPSA) is 74.6 Å². The number of alkyl halides is 3. The molecule has 0 radical (unpaired) electrons. The summed E-state index contributed by atoms with van der Waals surface area (Å²) in [6.45, 7) is 0.659. The van der Waals surface area contributed by atoms with Gasteiger partial charge in [-0.05, 0) is 78.6 Å². The summed E-state index contributed by atoms with van der Waals surface area (Å²) in [4.78, 5) is 27.1. The van der Waals surface area contributed by atoms with Gasteiger partial charge in [0.15, 0.2) is 11.6 Å². The first-order valence-electron chi connectivity index (χ1n) is 13.8. The second kappa shape index (κ2) is 12.2. The number of carbonyl (C=O) groups is 2. The third-order valence-electron chi connectivity index (χ3n) is 7.58. The first-order valence-corrected chi connectivity index (χ1v) is 13.8. The van der Waals surface area contributed by atoms with Gasteiger partial charge in [-0.3, -0.25) is 9.59 Å². The number of aryl methyl sites for hydroxylation is 1. The molecule has 0 spiro atoms. The molecule has 2 heterocycles. The quantitative estimate of drug-likeness (QED) is 0.220. The summed E-state index contributed by atoms with van der Waals surface area (Å²) < 4.78 is 43.5. The van der Waals surface area contributed by atoms with E-state index in [0.29, 0.717) is 43.6 Å². The lowest BCUT2D eigenvalue weighted by atomic mass is 9.98. The number of Topliss-reactive ketones (excluding diaryl/α,β-unsaturated/α-hetero) is 2. The molecule has 42 heavy (non-hydrogen) atoms. The zero-order valence-electron chi connectivity index (χ0n) is 23.2. The fourth-order valence-electron chi connectivity index (χ4n) is 5.21. The lowest BCUT2D eigenvalue weighted by Gasteiger charge is -2.33. The van der Waals surface area contributed by atoms with Crippen molar-refractivity contribution in [3.05, 3.63) is 113 Å². The predicted octanol–water partition coefficient (Wildman–Crippen LogP) is 6.60. The standard InChI is InChI=1S/C33H32F3N3O3/c1-38-16-2-3-30(38)32(42)20-23-6-11-26(12-7-23)37-25-9-4-22(5-10-25)19-31(41)24-8-13-29(28(21-24)33(34,35)36)39-17-14-27(40)15-18-39/h2-13,16,21,27,37,40H,14-15,17-20H2,1H3. The maximum absolute atomic E-state index is 13.9. The molecule has 0 saturated carbocycles. The molecule has 6 nitrogen and oxygen atoms in total. The summed E-state index contributed by atoms with van der Waals surface area (Å²) in [5, 5.41) is 13.0. The van der Waals surface area contributed by atoms with Crippen LogP contribution in [0.2, 0.25) is 0 Å². The lowest BCUT2D eigenvalue weighted by Crippen LogP contribution is -2.37. The molecule has 1 saturated heterocycles. The zero-order valence-corrected chi connectivity index (χ0v) is 23.2. The minimum Gasteiger partial charge on any atom is -0.393 e. The van der Waals surface area contributed by atoms with E-state index in [-0.39, 0.29) is 23.5 Å². The van der Waals surface area contributed by atoms with Gasteiger partial charge in [-0.2, -0.15) is 13.2 Å². The molecule has 218 valence electrons. The summed E-state index contributed by atoms with van der Waals surface area (Å²) in [5.41, 5.74) is 3.08. The molecule has 0 amide bonds. The molecular formula is C33H32F3N3O3. The number of aromatic nitrogens is 1. The number of halogens is 3. The SMILES string of the molecule is Cn1cccc1C(=O)Cc1ccc(Nc2ccc(CC(=O)c3ccc(N4CCC(O)CC4)c(C(F)(F)F)c3)cc2)cc1. The van der Waals surface area contributed by atoms with Crippen molar-refractivity contribution in [1.29, 1.82) is 0 Å². The van der Waals surface area contributed by atoms with Crippen LogP contribution in [0.15, 0.2) is 85.1 Å². The van der Waals surface area contributed by atoms with E-state index in [1.54, 1.807) is 27.7 Å². The monoisotopic (exact) mass is 575 g/mol. The van der Waals surface area contributed by atoms with Crippen molar-refractivity contribution in [2.75, 3.05) is 23.3 Å². The lowest BCUT2D eigenvalue weighted by molar-refractivity contribution is -0.137. The summed E-state index contributed by atoms with van der Waals surface area (Å²) in [6, 6.07) is 22.1. The molecule has 0 unspecified atom stereocenters. The van der Waals surface area contributed by atoms with E-state index in [1.807, 2.05) is 55.7 Å². The van der Waals surface area contributed by atoms with Crippen LogP contribution in [-0.4, -0.2) is 40.4 Å². The fraction of sp³-hybridized carbons (Fsp3) is 0.273. The number of ketones is 2. The normalized spacial score (nSPS) is 14.2. The van der Waals surface area contributed by atoms with Gasteiger partial charge in [-0.15, -0.1) is 0 Å². The summed E-state index contributed by atoms with van der Waals surface area (Å²) in [5.74, 6) is -0.357. The predicted molar refractivity (Wildman–Crippen MR) is 157 cm³/mol. The van der Waals surface area contributed by atoms with Gasteiger partial charge in [0, 0.05) is 61.8 Å². The molecule has 0 aliphatic carbocycles. The van der Waals surface area contributed by atoms with Crippen LogP contribution in [-0.2, 0) is 26.1 Å². The average molecular weight is 576 g/mol. The average Bonchev–Trinajstić information content (AvgIpc) is 3.41. The van der Waals surface area contributed by atoms with Crippen LogP contribution < -0.4 is 10.2 Å². The number of aliphatic hydroxyl groups excluding tert-OH is 1. The number of carbonyl (C=O) groups excluding carboxylic acids is 2. The van der Waals surface area contributed by atoms with Gasteiger partial charge in [-0.25, -0.2) is 0 Å². The van der Waals surface area contributed by atoms with Crippen LogP contribution in [0.5, 0.6) is 0 Å². The Morgan fingerprint density at radius 3 is 1.95 bits per heavy atom. The van der Waals surface area contributed by atoms with E-state index in [2.05, 4.69) is 5.32 Å². The van der Waals surface area contributed by atoms with E-state index < -0.39 is 23.6 Å². The van der Waals surface area contributed by atoms with Crippen LogP contribution in [0, 0.1) is 0 Å². The zero-order chi connectivity index (χ0) is 29.9. The Kier molecular flexibility index (Phi) is 8.49. The highest BCUT2D eigenvalue weighted by Crippen LogP contribution is 2.38. The number of nitrogens with zero attached hydrogens (tertiary/aromatic N) is 2. The Morgan fingerprint density at radius 2 is 1.43 bits per heavy atom. The van der Waals surface area contributed by atoms with Gasteiger partial charge in [0.25, 0.3) is 0 Å². The number of hydrogen-bond acceptors (Lipinski definition) is 5.